The van der Waals surface area contributed by atoms with Gasteiger partial charge in [-0.05, 0) is 30.5 Å². The van der Waals surface area contributed by atoms with Crippen LogP contribution in [0, 0.1) is 0 Å². The minimum atomic E-state index is 0.677. The first-order chi connectivity index (χ1) is 7.24. The first-order valence-electron chi connectivity index (χ1n) is 4.78. The minimum Gasteiger partial charge on any atom is -0.375 e. The highest BCUT2D eigenvalue weighted by atomic mass is 79.9. The van der Waals surface area contributed by atoms with Crippen LogP contribution in [-0.4, -0.2) is 4.98 Å². The van der Waals surface area contributed by atoms with Crippen molar-refractivity contribution in [3.05, 3.63) is 33.1 Å². The Morgan fingerprint density at radius 2 is 2.20 bits per heavy atom. The molecule has 4 heteroatoms. The molecule has 1 aliphatic rings. The molecule has 15 heavy (non-hydrogen) atoms. The van der Waals surface area contributed by atoms with Crippen molar-refractivity contribution in [3.63, 3.8) is 0 Å². The summed E-state index contributed by atoms with van der Waals surface area (Å²) >= 11 is 5.11. The predicted molar refractivity (Wildman–Crippen MR) is 67.1 cm³/mol. The number of fused-ring (bicyclic) bond motifs is 3. The predicted octanol–water partition coefficient (Wildman–Crippen LogP) is 3.25. The third-order valence-corrected chi connectivity index (χ3v) is 4.10. The zero-order valence-corrected chi connectivity index (χ0v) is 10.4. The van der Waals surface area contributed by atoms with Crippen molar-refractivity contribution in [2.45, 2.75) is 12.8 Å². The second-order valence-corrected chi connectivity index (χ2v) is 5.66. The van der Waals surface area contributed by atoms with E-state index in [9.17, 15) is 0 Å². The number of hydrogen-bond donors (Lipinski definition) is 1. The third kappa shape index (κ3) is 1.48. The topological polar surface area (TPSA) is 38.9 Å². The van der Waals surface area contributed by atoms with E-state index in [0.717, 1.165) is 23.0 Å². The number of aromatic nitrogens is 1. The molecular weight excluding hydrogens is 272 g/mol. The highest BCUT2D eigenvalue weighted by Gasteiger charge is 2.19. The highest BCUT2D eigenvalue weighted by Crippen LogP contribution is 2.37. The van der Waals surface area contributed by atoms with Gasteiger partial charge in [-0.25, -0.2) is 4.98 Å². The van der Waals surface area contributed by atoms with Crippen LogP contribution in [-0.2, 0) is 12.8 Å². The maximum atomic E-state index is 5.74. The molecule has 0 spiro atoms. The molecule has 0 radical (unpaired) electrons. The standard InChI is InChI=1S/C11H9BrN2S/c12-7-2-3-8-6(5-7)1-4-9-10(8)14-11(13)15-9/h2-3,5H,1,4H2,(H2,13,14). The molecule has 1 aromatic carbocycles. The Bertz CT molecular complexity index is 533. The van der Waals surface area contributed by atoms with Crippen LogP contribution >= 0.6 is 27.3 Å². The van der Waals surface area contributed by atoms with Gasteiger partial charge in [0.2, 0.25) is 0 Å². The van der Waals surface area contributed by atoms with E-state index in [2.05, 4.69) is 39.1 Å². The summed E-state index contributed by atoms with van der Waals surface area (Å²) in [5.74, 6) is 0. The molecule has 0 saturated carbocycles. The Morgan fingerprint density at radius 3 is 3.07 bits per heavy atom. The molecule has 0 aliphatic heterocycles. The molecule has 76 valence electrons. The molecule has 0 saturated heterocycles. The molecule has 0 amide bonds. The van der Waals surface area contributed by atoms with Gasteiger partial charge >= 0.3 is 0 Å². The van der Waals surface area contributed by atoms with Crippen LogP contribution in [0.5, 0.6) is 0 Å². The van der Waals surface area contributed by atoms with Gasteiger partial charge in [-0.1, -0.05) is 22.0 Å². The molecule has 0 unspecified atom stereocenters. The van der Waals surface area contributed by atoms with Crippen LogP contribution < -0.4 is 5.73 Å². The summed E-state index contributed by atoms with van der Waals surface area (Å²) in [4.78, 5) is 5.72. The van der Waals surface area contributed by atoms with Gasteiger partial charge in [0.1, 0.15) is 0 Å². The van der Waals surface area contributed by atoms with Crippen molar-refractivity contribution in [1.82, 2.24) is 4.98 Å². The summed E-state index contributed by atoms with van der Waals surface area (Å²) in [5, 5.41) is 0.677. The average molecular weight is 281 g/mol. The van der Waals surface area contributed by atoms with Crippen LogP contribution in [0.15, 0.2) is 22.7 Å². The molecule has 2 aromatic rings. The van der Waals surface area contributed by atoms with Crippen LogP contribution in [0.2, 0.25) is 0 Å². The van der Waals surface area contributed by atoms with Crippen LogP contribution in [0.25, 0.3) is 11.3 Å². The number of nitrogens with two attached hydrogens (primary N) is 1. The number of aryl methyl sites for hydroxylation is 2. The van der Waals surface area contributed by atoms with E-state index < -0.39 is 0 Å². The van der Waals surface area contributed by atoms with E-state index in [1.165, 1.54) is 16.0 Å². The summed E-state index contributed by atoms with van der Waals surface area (Å²) in [6, 6.07) is 6.36. The number of hydrogen-bond acceptors (Lipinski definition) is 3. The van der Waals surface area contributed by atoms with E-state index >= 15 is 0 Å². The van der Waals surface area contributed by atoms with Gasteiger partial charge in [0, 0.05) is 14.9 Å². The molecule has 3 rings (SSSR count). The maximum absolute atomic E-state index is 5.74. The number of thiazole rings is 1. The Labute approximate surface area is 100 Å². The fourth-order valence-corrected chi connectivity index (χ4v) is 3.25. The lowest BCUT2D eigenvalue weighted by molar-refractivity contribution is 0.954. The lowest BCUT2D eigenvalue weighted by Gasteiger charge is -2.14. The second-order valence-electron chi connectivity index (χ2n) is 3.63. The number of nitrogens with zero attached hydrogens (tertiary/aromatic N) is 1. The van der Waals surface area contributed by atoms with Gasteiger partial charge in [0.05, 0.1) is 5.69 Å². The molecule has 1 aromatic heterocycles. The molecular formula is C11H9BrN2S. The summed E-state index contributed by atoms with van der Waals surface area (Å²) in [6.07, 6.45) is 2.15. The van der Waals surface area contributed by atoms with E-state index in [1.54, 1.807) is 11.3 Å². The van der Waals surface area contributed by atoms with Crippen molar-refractivity contribution < 1.29 is 0 Å². The molecule has 0 bridgehead atoms. The van der Waals surface area contributed by atoms with Crippen molar-refractivity contribution in [2.75, 3.05) is 5.73 Å². The van der Waals surface area contributed by atoms with Crippen molar-refractivity contribution in [3.8, 4) is 11.3 Å². The average Bonchev–Trinajstić information content (AvgIpc) is 2.58. The quantitative estimate of drug-likeness (QED) is 0.805. The van der Waals surface area contributed by atoms with Crippen molar-refractivity contribution in [1.29, 1.82) is 0 Å². The Morgan fingerprint density at radius 1 is 1.33 bits per heavy atom. The van der Waals surface area contributed by atoms with Crippen molar-refractivity contribution in [2.24, 2.45) is 0 Å². The summed E-state index contributed by atoms with van der Waals surface area (Å²) in [6.45, 7) is 0. The number of halogens is 1. The van der Waals surface area contributed by atoms with Crippen LogP contribution in [0.4, 0.5) is 5.13 Å². The Balaban J connectivity index is 2.25. The van der Waals surface area contributed by atoms with E-state index in [0.29, 0.717) is 5.13 Å². The molecule has 2 N–H and O–H groups in total. The van der Waals surface area contributed by atoms with Crippen LogP contribution in [0.3, 0.4) is 0 Å². The number of anilines is 1. The summed E-state index contributed by atoms with van der Waals surface area (Å²) in [5.41, 5.74) is 9.44. The molecule has 2 nitrogen and oxygen atoms in total. The smallest absolute Gasteiger partial charge is 0.180 e. The lowest BCUT2D eigenvalue weighted by Crippen LogP contribution is -2.01. The van der Waals surface area contributed by atoms with Gasteiger partial charge < -0.3 is 5.73 Å². The van der Waals surface area contributed by atoms with E-state index in [-0.39, 0.29) is 0 Å². The van der Waals surface area contributed by atoms with Gasteiger partial charge in [-0.2, -0.15) is 0 Å². The maximum Gasteiger partial charge on any atom is 0.180 e. The Kier molecular flexibility index (Phi) is 2.07. The molecule has 0 fully saturated rings. The second kappa shape index (κ2) is 3.32. The summed E-state index contributed by atoms with van der Waals surface area (Å²) in [7, 11) is 0. The fraction of sp³-hybridized carbons (Fsp3) is 0.182. The van der Waals surface area contributed by atoms with E-state index in [4.69, 9.17) is 5.73 Å². The minimum absolute atomic E-state index is 0.677. The highest BCUT2D eigenvalue weighted by molar-refractivity contribution is 9.10. The SMILES string of the molecule is Nc1nc2c(s1)CCc1cc(Br)ccc1-2. The lowest BCUT2D eigenvalue weighted by atomic mass is 9.94. The Hall–Kier alpha value is -0.870. The molecule has 1 aliphatic carbocycles. The number of benzene rings is 1. The first-order valence-corrected chi connectivity index (χ1v) is 6.39. The number of nitrogen functional groups attached to an aromatic ring is 1. The first kappa shape index (κ1) is 9.36. The molecule has 1 heterocycles. The monoisotopic (exact) mass is 280 g/mol. The summed E-state index contributed by atoms with van der Waals surface area (Å²) < 4.78 is 1.13. The zero-order valence-electron chi connectivity index (χ0n) is 7.96. The number of rotatable bonds is 0. The normalized spacial score (nSPS) is 13.4. The van der Waals surface area contributed by atoms with E-state index in [1.807, 2.05) is 0 Å². The third-order valence-electron chi connectivity index (χ3n) is 2.66. The molecule has 0 atom stereocenters. The zero-order chi connectivity index (χ0) is 10.4. The van der Waals surface area contributed by atoms with Gasteiger partial charge in [-0.15, -0.1) is 11.3 Å². The largest absolute Gasteiger partial charge is 0.375 e. The fourth-order valence-electron chi connectivity index (χ4n) is 2.00. The van der Waals surface area contributed by atoms with Gasteiger partial charge in [0.25, 0.3) is 0 Å². The van der Waals surface area contributed by atoms with Gasteiger partial charge in [-0.3, -0.25) is 0 Å². The van der Waals surface area contributed by atoms with Crippen molar-refractivity contribution >= 4 is 32.4 Å². The van der Waals surface area contributed by atoms with Gasteiger partial charge in [0.15, 0.2) is 5.13 Å². The van der Waals surface area contributed by atoms with Crippen LogP contribution in [0.1, 0.15) is 10.4 Å².